The van der Waals surface area contributed by atoms with Crippen molar-refractivity contribution in [3.63, 3.8) is 0 Å². The van der Waals surface area contributed by atoms with Crippen molar-refractivity contribution in [3.05, 3.63) is 64.2 Å². The topological polar surface area (TPSA) is 102 Å². The molecule has 33 heavy (non-hydrogen) atoms. The van der Waals surface area contributed by atoms with E-state index in [4.69, 9.17) is 28.7 Å². The van der Waals surface area contributed by atoms with Crippen LogP contribution >= 0.6 is 0 Å². The van der Waals surface area contributed by atoms with E-state index in [2.05, 4.69) is 0 Å². The Hall–Kier alpha value is -4.27. The lowest BCUT2D eigenvalue weighted by molar-refractivity contribution is -0.384. The number of aromatic nitrogens is 1. The summed E-state index contributed by atoms with van der Waals surface area (Å²) in [6, 6.07) is 13.5. The van der Waals surface area contributed by atoms with Crippen LogP contribution in [-0.2, 0) is 6.61 Å². The van der Waals surface area contributed by atoms with Gasteiger partial charge < -0.3 is 23.7 Å². The number of hydrogen-bond donors (Lipinski definition) is 0. The van der Waals surface area contributed by atoms with Gasteiger partial charge in [0, 0.05) is 29.0 Å². The Morgan fingerprint density at radius 2 is 1.48 bits per heavy atom. The second-order valence-corrected chi connectivity index (χ2v) is 7.08. The van der Waals surface area contributed by atoms with Crippen LogP contribution in [0.2, 0.25) is 0 Å². The minimum atomic E-state index is -0.443. The number of non-ortho nitro benzene ring substituents is 1. The molecule has 0 N–H and O–H groups in total. The number of ether oxygens (including phenoxy) is 5. The summed E-state index contributed by atoms with van der Waals surface area (Å²) in [5.74, 6) is 2.46. The van der Waals surface area contributed by atoms with Crippen LogP contribution in [-0.4, -0.2) is 38.3 Å². The molecule has 4 rings (SSSR count). The minimum Gasteiger partial charge on any atom is -0.493 e. The van der Waals surface area contributed by atoms with Crippen LogP contribution < -0.4 is 23.7 Å². The summed E-state index contributed by atoms with van der Waals surface area (Å²) < 4.78 is 28.1. The van der Waals surface area contributed by atoms with E-state index in [-0.39, 0.29) is 12.3 Å². The van der Waals surface area contributed by atoms with Crippen molar-refractivity contribution in [1.82, 2.24) is 4.98 Å². The number of methoxy groups -OCH3 is 4. The number of rotatable bonds is 8. The van der Waals surface area contributed by atoms with Crippen LogP contribution in [0, 0.1) is 10.1 Å². The molecule has 9 nitrogen and oxygen atoms in total. The van der Waals surface area contributed by atoms with Gasteiger partial charge in [-0.2, -0.15) is 0 Å². The van der Waals surface area contributed by atoms with E-state index in [1.54, 1.807) is 46.6 Å². The van der Waals surface area contributed by atoms with Gasteiger partial charge in [-0.15, -0.1) is 0 Å². The molecule has 3 aromatic carbocycles. The number of nitrogens with zero attached hydrogens (tertiary/aromatic N) is 2. The van der Waals surface area contributed by atoms with Crippen LogP contribution in [0.15, 0.2) is 48.5 Å². The molecule has 0 amide bonds. The number of nitro groups is 1. The van der Waals surface area contributed by atoms with Gasteiger partial charge >= 0.3 is 0 Å². The van der Waals surface area contributed by atoms with Gasteiger partial charge in [-0.1, -0.05) is 0 Å². The maximum atomic E-state index is 10.9. The van der Waals surface area contributed by atoms with Gasteiger partial charge in [-0.05, 0) is 35.9 Å². The second-order valence-electron chi connectivity index (χ2n) is 7.08. The molecule has 4 aromatic rings. The highest BCUT2D eigenvalue weighted by molar-refractivity contribution is 6.11. The molecule has 0 aliphatic rings. The van der Waals surface area contributed by atoms with Crippen LogP contribution in [0.4, 0.5) is 5.69 Å². The van der Waals surface area contributed by atoms with E-state index in [0.29, 0.717) is 39.8 Å². The van der Waals surface area contributed by atoms with Crippen molar-refractivity contribution in [3.8, 4) is 28.9 Å². The Kier molecular flexibility index (Phi) is 6.03. The lowest BCUT2D eigenvalue weighted by Gasteiger charge is -2.17. The van der Waals surface area contributed by atoms with Gasteiger partial charge in [0.25, 0.3) is 5.69 Å². The summed E-state index contributed by atoms with van der Waals surface area (Å²) >= 11 is 0. The summed E-state index contributed by atoms with van der Waals surface area (Å²) in [5.41, 5.74) is 1.41. The highest BCUT2D eigenvalue weighted by Crippen LogP contribution is 2.44. The average Bonchev–Trinajstić information content (AvgIpc) is 2.85. The fourth-order valence-corrected chi connectivity index (χ4v) is 3.68. The summed E-state index contributed by atoms with van der Waals surface area (Å²) in [5, 5.41) is 13.2. The standard InChI is InChI=1S/C24H22N2O7/c1-29-19-10-9-16-17-11-20(30-2)21(31-3)12-18(17)25-24(22(16)23(19)32-4)33-13-14-5-7-15(8-6-14)26(27)28/h5-12H,13H2,1-4H3. The fraction of sp³-hybridized carbons (Fsp3) is 0.208. The number of hydrogen-bond acceptors (Lipinski definition) is 8. The summed E-state index contributed by atoms with van der Waals surface area (Å²) in [4.78, 5) is 15.2. The molecule has 9 heteroatoms. The Morgan fingerprint density at radius 1 is 0.818 bits per heavy atom. The Labute approximate surface area is 189 Å². The first kappa shape index (κ1) is 21.9. The van der Waals surface area contributed by atoms with Gasteiger partial charge in [-0.3, -0.25) is 10.1 Å². The number of nitro benzene ring substituents is 1. The summed E-state index contributed by atoms with van der Waals surface area (Å²) in [6.07, 6.45) is 0. The summed E-state index contributed by atoms with van der Waals surface area (Å²) in [7, 11) is 6.24. The third-order valence-corrected chi connectivity index (χ3v) is 5.30. The van der Waals surface area contributed by atoms with Crippen LogP contribution in [0.1, 0.15) is 5.56 Å². The van der Waals surface area contributed by atoms with Crippen molar-refractivity contribution < 1.29 is 28.6 Å². The first-order valence-corrected chi connectivity index (χ1v) is 9.97. The van der Waals surface area contributed by atoms with Gasteiger partial charge in [0.1, 0.15) is 6.61 Å². The van der Waals surface area contributed by atoms with Crippen LogP contribution in [0.5, 0.6) is 28.9 Å². The number of benzene rings is 3. The maximum absolute atomic E-state index is 10.9. The molecule has 0 radical (unpaired) electrons. The molecular weight excluding hydrogens is 428 g/mol. The van der Waals surface area contributed by atoms with Gasteiger partial charge in [-0.25, -0.2) is 4.98 Å². The zero-order valence-corrected chi connectivity index (χ0v) is 18.6. The molecule has 0 aliphatic carbocycles. The smallest absolute Gasteiger partial charge is 0.269 e. The molecule has 0 atom stereocenters. The predicted octanol–water partition coefficient (Wildman–Crippen LogP) is 4.91. The Morgan fingerprint density at radius 3 is 2.09 bits per heavy atom. The number of pyridine rings is 1. The van der Waals surface area contributed by atoms with Gasteiger partial charge in [0.2, 0.25) is 5.88 Å². The number of fused-ring (bicyclic) bond motifs is 3. The largest absolute Gasteiger partial charge is 0.493 e. The van der Waals surface area contributed by atoms with E-state index in [1.165, 1.54) is 12.1 Å². The lowest BCUT2D eigenvalue weighted by Crippen LogP contribution is -2.01. The van der Waals surface area contributed by atoms with E-state index in [9.17, 15) is 10.1 Å². The van der Waals surface area contributed by atoms with Gasteiger partial charge in [0.05, 0.1) is 44.3 Å². The quantitative estimate of drug-likeness (QED) is 0.212. The fourth-order valence-electron chi connectivity index (χ4n) is 3.68. The van der Waals surface area contributed by atoms with Crippen molar-refractivity contribution >= 4 is 27.4 Å². The predicted molar refractivity (Wildman–Crippen MR) is 123 cm³/mol. The minimum absolute atomic E-state index is 0.0143. The molecule has 0 unspecified atom stereocenters. The molecule has 1 aromatic heterocycles. The highest BCUT2D eigenvalue weighted by Gasteiger charge is 2.20. The molecule has 0 saturated carbocycles. The van der Waals surface area contributed by atoms with Crippen molar-refractivity contribution in [1.29, 1.82) is 0 Å². The van der Waals surface area contributed by atoms with E-state index in [1.807, 2.05) is 18.2 Å². The van der Waals surface area contributed by atoms with E-state index >= 15 is 0 Å². The average molecular weight is 450 g/mol. The summed E-state index contributed by atoms with van der Waals surface area (Å²) in [6.45, 7) is 0.152. The normalized spacial score (nSPS) is 10.8. The molecule has 170 valence electrons. The molecule has 0 fully saturated rings. The Bertz CT molecular complexity index is 1340. The molecular formula is C24H22N2O7. The monoisotopic (exact) mass is 450 g/mol. The first-order valence-electron chi connectivity index (χ1n) is 9.97. The Balaban J connectivity index is 1.89. The van der Waals surface area contributed by atoms with Crippen molar-refractivity contribution in [2.75, 3.05) is 28.4 Å². The zero-order valence-electron chi connectivity index (χ0n) is 18.6. The van der Waals surface area contributed by atoms with E-state index < -0.39 is 4.92 Å². The van der Waals surface area contributed by atoms with Crippen molar-refractivity contribution in [2.24, 2.45) is 0 Å². The van der Waals surface area contributed by atoms with Gasteiger partial charge in [0.15, 0.2) is 23.0 Å². The molecule has 1 heterocycles. The second kappa shape index (κ2) is 9.07. The third kappa shape index (κ3) is 4.00. The highest BCUT2D eigenvalue weighted by atomic mass is 16.6. The lowest BCUT2D eigenvalue weighted by atomic mass is 10.0. The maximum Gasteiger partial charge on any atom is 0.269 e. The molecule has 0 aliphatic heterocycles. The van der Waals surface area contributed by atoms with Crippen LogP contribution in [0.25, 0.3) is 21.7 Å². The molecule has 0 saturated heterocycles. The SMILES string of the molecule is COc1cc2nc(OCc3ccc([N+](=O)[O-])cc3)c3c(OC)c(OC)ccc3c2cc1OC. The molecule has 0 bridgehead atoms. The third-order valence-electron chi connectivity index (χ3n) is 5.30. The van der Waals surface area contributed by atoms with E-state index in [0.717, 1.165) is 16.3 Å². The zero-order chi connectivity index (χ0) is 23.5. The van der Waals surface area contributed by atoms with Crippen LogP contribution in [0.3, 0.4) is 0 Å². The molecule has 0 spiro atoms. The first-order chi connectivity index (χ1) is 16.0. The van der Waals surface area contributed by atoms with Crippen molar-refractivity contribution in [2.45, 2.75) is 6.61 Å².